The fourth-order valence-corrected chi connectivity index (χ4v) is 4.28. The molecule has 1 aliphatic rings. The lowest BCUT2D eigenvalue weighted by atomic mass is 9.98. The lowest BCUT2D eigenvalue weighted by Crippen LogP contribution is -2.31. The molecule has 1 aromatic heterocycles. The molecule has 0 bridgehead atoms. The molecule has 3 aromatic carbocycles. The number of ether oxygens (including phenoxy) is 1. The van der Waals surface area contributed by atoms with Gasteiger partial charge in [0.1, 0.15) is 17.1 Å². The molecule has 0 radical (unpaired) electrons. The van der Waals surface area contributed by atoms with Crippen LogP contribution in [-0.4, -0.2) is 29.6 Å². The Morgan fingerprint density at radius 3 is 2.53 bits per heavy atom. The minimum atomic E-state index is -0.635. The number of methoxy groups -OCH3 is 1. The van der Waals surface area contributed by atoms with Gasteiger partial charge in [-0.15, -0.1) is 0 Å². The highest BCUT2D eigenvalue weighted by molar-refractivity contribution is 5.99. The topological polar surface area (TPSA) is 80.0 Å². The summed E-state index contributed by atoms with van der Waals surface area (Å²) in [6.45, 7) is 0.380. The van der Waals surface area contributed by atoms with Crippen molar-refractivity contribution >= 4 is 16.9 Å². The van der Waals surface area contributed by atoms with Gasteiger partial charge in [-0.1, -0.05) is 36.4 Å². The number of phenolic OH excluding ortho intramolecular Hbond substituents is 1. The lowest BCUT2D eigenvalue weighted by Gasteiger charge is -2.25. The van der Waals surface area contributed by atoms with E-state index in [1.807, 2.05) is 30.3 Å². The van der Waals surface area contributed by atoms with Gasteiger partial charge in [0, 0.05) is 6.54 Å². The Hall–Kier alpha value is -4.06. The van der Waals surface area contributed by atoms with Crippen LogP contribution in [0.15, 0.2) is 82.0 Å². The molecular formula is C26H21NO5. The first-order chi connectivity index (χ1) is 15.6. The van der Waals surface area contributed by atoms with Crippen molar-refractivity contribution in [2.75, 3.05) is 13.7 Å². The molecule has 0 aliphatic carbocycles. The van der Waals surface area contributed by atoms with Gasteiger partial charge in [0.15, 0.2) is 5.43 Å². The highest BCUT2D eigenvalue weighted by Gasteiger charge is 2.42. The Balaban J connectivity index is 1.59. The second-order valence-electron chi connectivity index (χ2n) is 7.76. The second kappa shape index (κ2) is 7.89. The third kappa shape index (κ3) is 3.30. The van der Waals surface area contributed by atoms with E-state index in [4.69, 9.17) is 9.15 Å². The zero-order valence-corrected chi connectivity index (χ0v) is 17.4. The summed E-state index contributed by atoms with van der Waals surface area (Å²) in [6, 6.07) is 20.6. The van der Waals surface area contributed by atoms with Gasteiger partial charge in [-0.3, -0.25) is 9.59 Å². The van der Waals surface area contributed by atoms with Crippen LogP contribution in [0.4, 0.5) is 0 Å². The Kier molecular flexibility index (Phi) is 4.90. The molecule has 160 valence electrons. The Labute approximate surface area is 184 Å². The van der Waals surface area contributed by atoms with Crippen LogP contribution in [0.2, 0.25) is 0 Å². The molecule has 0 spiro atoms. The number of rotatable bonds is 5. The smallest absolute Gasteiger partial charge is 0.290 e. The SMILES string of the molecule is COc1ccc(CCN2C(=O)c3oc4ccccc4c(=O)c3[C@H]2c2cccc(O)c2)cc1. The summed E-state index contributed by atoms with van der Waals surface area (Å²) in [6.07, 6.45) is 0.590. The van der Waals surface area contributed by atoms with Gasteiger partial charge in [-0.2, -0.15) is 0 Å². The number of para-hydroxylation sites is 1. The third-order valence-electron chi connectivity index (χ3n) is 5.86. The third-order valence-corrected chi connectivity index (χ3v) is 5.86. The molecule has 6 heteroatoms. The summed E-state index contributed by atoms with van der Waals surface area (Å²) in [5.74, 6) is 0.572. The minimum Gasteiger partial charge on any atom is -0.508 e. The number of nitrogens with zero attached hydrogens (tertiary/aromatic N) is 1. The van der Waals surface area contributed by atoms with Crippen LogP contribution in [0.3, 0.4) is 0 Å². The quantitative estimate of drug-likeness (QED) is 0.514. The van der Waals surface area contributed by atoms with Crippen molar-refractivity contribution in [3.63, 3.8) is 0 Å². The highest BCUT2D eigenvalue weighted by Crippen LogP contribution is 2.39. The van der Waals surface area contributed by atoms with Crippen LogP contribution in [0.1, 0.15) is 33.3 Å². The van der Waals surface area contributed by atoms with Crippen LogP contribution < -0.4 is 10.2 Å². The largest absolute Gasteiger partial charge is 0.508 e. The van der Waals surface area contributed by atoms with E-state index < -0.39 is 6.04 Å². The van der Waals surface area contributed by atoms with E-state index in [2.05, 4.69) is 0 Å². The maximum Gasteiger partial charge on any atom is 0.290 e. The number of phenols is 1. The molecule has 1 atom stereocenters. The maximum absolute atomic E-state index is 13.4. The normalized spacial score (nSPS) is 15.2. The van der Waals surface area contributed by atoms with Gasteiger partial charge in [-0.25, -0.2) is 0 Å². The summed E-state index contributed by atoms with van der Waals surface area (Å²) in [7, 11) is 1.61. The van der Waals surface area contributed by atoms with E-state index >= 15 is 0 Å². The number of fused-ring (bicyclic) bond motifs is 2. The minimum absolute atomic E-state index is 0.0665. The fraction of sp³-hybridized carbons (Fsp3) is 0.154. The monoisotopic (exact) mass is 427 g/mol. The van der Waals surface area contributed by atoms with E-state index in [0.29, 0.717) is 35.1 Å². The van der Waals surface area contributed by atoms with E-state index in [1.165, 1.54) is 0 Å². The molecule has 2 heterocycles. The summed E-state index contributed by atoms with van der Waals surface area (Å²) < 4.78 is 11.1. The molecule has 5 rings (SSSR count). The molecule has 4 aromatic rings. The van der Waals surface area contributed by atoms with Crippen molar-refractivity contribution in [2.45, 2.75) is 12.5 Å². The summed E-state index contributed by atoms with van der Waals surface area (Å²) in [4.78, 5) is 28.4. The summed E-state index contributed by atoms with van der Waals surface area (Å²) in [5, 5.41) is 10.5. The van der Waals surface area contributed by atoms with Gasteiger partial charge in [0.2, 0.25) is 5.76 Å². The Bertz CT molecular complexity index is 1370. The molecule has 0 saturated heterocycles. The van der Waals surface area contributed by atoms with Crippen LogP contribution in [0.25, 0.3) is 11.0 Å². The Morgan fingerprint density at radius 2 is 1.78 bits per heavy atom. The van der Waals surface area contributed by atoms with Crippen molar-refractivity contribution in [1.29, 1.82) is 0 Å². The van der Waals surface area contributed by atoms with Gasteiger partial charge in [0.25, 0.3) is 5.91 Å². The van der Waals surface area contributed by atoms with E-state index in [9.17, 15) is 14.7 Å². The second-order valence-corrected chi connectivity index (χ2v) is 7.76. The van der Waals surface area contributed by atoms with Crippen LogP contribution in [-0.2, 0) is 6.42 Å². The zero-order valence-electron chi connectivity index (χ0n) is 17.4. The predicted octanol–water partition coefficient (Wildman–Crippen LogP) is 4.30. The standard InChI is InChI=1S/C26H21NO5/c1-31-19-11-9-16(10-12-19)13-14-27-23(17-5-4-6-18(28)15-17)22-24(29)20-7-2-3-8-21(20)32-25(22)26(27)30/h2-12,15,23,28H,13-14H2,1H3/t23-/m1/s1. The number of benzene rings is 3. The molecule has 0 fully saturated rings. The number of aromatic hydroxyl groups is 1. The molecule has 1 N–H and O–H groups in total. The number of hydrogen-bond donors (Lipinski definition) is 1. The average molecular weight is 427 g/mol. The zero-order chi connectivity index (χ0) is 22.2. The summed E-state index contributed by atoms with van der Waals surface area (Å²) in [5.41, 5.74) is 2.17. The highest BCUT2D eigenvalue weighted by atomic mass is 16.5. The summed E-state index contributed by atoms with van der Waals surface area (Å²) >= 11 is 0. The van der Waals surface area contributed by atoms with Crippen molar-refractivity contribution in [1.82, 2.24) is 4.90 Å². The van der Waals surface area contributed by atoms with Gasteiger partial charge in [0.05, 0.1) is 24.1 Å². The van der Waals surface area contributed by atoms with Crippen molar-refractivity contribution in [2.24, 2.45) is 0 Å². The van der Waals surface area contributed by atoms with Gasteiger partial charge < -0.3 is 19.2 Å². The van der Waals surface area contributed by atoms with Crippen molar-refractivity contribution in [3.8, 4) is 11.5 Å². The van der Waals surface area contributed by atoms with Crippen molar-refractivity contribution < 1.29 is 19.1 Å². The van der Waals surface area contributed by atoms with Crippen LogP contribution >= 0.6 is 0 Å². The lowest BCUT2D eigenvalue weighted by molar-refractivity contribution is 0.0730. The number of carbonyl (C=O) groups excluding carboxylic acids is 1. The first-order valence-electron chi connectivity index (χ1n) is 10.4. The molecule has 1 aliphatic heterocycles. The fourth-order valence-electron chi connectivity index (χ4n) is 4.28. The first kappa shape index (κ1) is 19.9. The Morgan fingerprint density at radius 1 is 1.00 bits per heavy atom. The maximum atomic E-state index is 13.4. The molecule has 6 nitrogen and oxygen atoms in total. The molecule has 1 amide bonds. The van der Waals surface area contributed by atoms with Gasteiger partial charge in [-0.05, 0) is 53.9 Å². The van der Waals surface area contributed by atoms with Crippen LogP contribution in [0.5, 0.6) is 11.5 Å². The van der Waals surface area contributed by atoms with E-state index in [1.54, 1.807) is 54.5 Å². The van der Waals surface area contributed by atoms with Crippen molar-refractivity contribution in [3.05, 3.63) is 105 Å². The van der Waals surface area contributed by atoms with Gasteiger partial charge >= 0.3 is 0 Å². The first-order valence-corrected chi connectivity index (χ1v) is 10.4. The van der Waals surface area contributed by atoms with E-state index in [0.717, 1.165) is 11.3 Å². The number of carbonyl (C=O) groups is 1. The average Bonchev–Trinajstić information content (AvgIpc) is 3.10. The number of amides is 1. The number of hydrogen-bond acceptors (Lipinski definition) is 5. The predicted molar refractivity (Wildman–Crippen MR) is 120 cm³/mol. The molecular weight excluding hydrogens is 406 g/mol. The molecule has 32 heavy (non-hydrogen) atoms. The van der Waals surface area contributed by atoms with E-state index in [-0.39, 0.29) is 22.8 Å². The van der Waals surface area contributed by atoms with Crippen LogP contribution in [0, 0.1) is 0 Å². The molecule has 0 saturated carbocycles. The molecule has 0 unspecified atom stereocenters.